The average Bonchev–Trinajstić information content (AvgIpc) is 3.39. The van der Waals surface area contributed by atoms with Gasteiger partial charge >= 0.3 is 0 Å². The lowest BCUT2D eigenvalue weighted by Gasteiger charge is -2.20. The highest BCUT2D eigenvalue weighted by molar-refractivity contribution is 7.92. The number of aromatic nitrogens is 2. The van der Waals surface area contributed by atoms with E-state index in [-0.39, 0.29) is 11.8 Å². The van der Waals surface area contributed by atoms with Crippen LogP contribution in [0.1, 0.15) is 12.8 Å². The van der Waals surface area contributed by atoms with E-state index in [9.17, 15) is 13.2 Å². The van der Waals surface area contributed by atoms with Crippen LogP contribution >= 0.6 is 0 Å². The lowest BCUT2D eigenvalue weighted by atomic mass is 10.2. The van der Waals surface area contributed by atoms with Crippen molar-refractivity contribution in [1.82, 2.24) is 9.97 Å². The fourth-order valence-corrected chi connectivity index (χ4v) is 2.75. The van der Waals surface area contributed by atoms with Gasteiger partial charge < -0.3 is 10.6 Å². The van der Waals surface area contributed by atoms with E-state index in [1.54, 1.807) is 30.3 Å². The van der Waals surface area contributed by atoms with E-state index < -0.39 is 10.0 Å². The molecule has 1 saturated carbocycles. The SMILES string of the molecule is CN(c1ccccc1Nc1cc(NC(=O)C2CC2)ncn1)S(C)(=O)=O. The minimum atomic E-state index is -3.39. The highest BCUT2D eigenvalue weighted by Crippen LogP contribution is 2.31. The molecule has 0 atom stereocenters. The number of hydrogen-bond acceptors (Lipinski definition) is 6. The first-order valence-electron chi connectivity index (χ1n) is 7.77. The topological polar surface area (TPSA) is 104 Å². The van der Waals surface area contributed by atoms with Crippen molar-refractivity contribution in [3.63, 3.8) is 0 Å². The molecule has 0 bridgehead atoms. The average molecular weight is 361 g/mol. The first-order valence-corrected chi connectivity index (χ1v) is 9.62. The van der Waals surface area contributed by atoms with Gasteiger partial charge in [-0.2, -0.15) is 0 Å². The number of para-hydroxylation sites is 2. The molecule has 1 aliphatic carbocycles. The van der Waals surface area contributed by atoms with E-state index in [1.165, 1.54) is 17.7 Å². The lowest BCUT2D eigenvalue weighted by Crippen LogP contribution is -2.25. The van der Waals surface area contributed by atoms with Crippen molar-refractivity contribution < 1.29 is 13.2 Å². The molecule has 132 valence electrons. The summed E-state index contributed by atoms with van der Waals surface area (Å²) in [5.74, 6) is 0.899. The van der Waals surface area contributed by atoms with Crippen molar-refractivity contribution in [2.75, 3.05) is 28.2 Å². The second kappa shape index (κ2) is 6.67. The second-order valence-corrected chi connectivity index (χ2v) is 7.94. The molecule has 0 saturated heterocycles. The standard InChI is InChI=1S/C16H19N5O3S/c1-21(25(2,23)24)13-6-4-3-5-12(13)19-14-9-15(18-10-17-14)20-16(22)11-7-8-11/h3-6,9-11H,7-8H2,1-2H3,(H2,17,18,19,20,22). The Labute approximate surface area is 146 Å². The van der Waals surface area contributed by atoms with Gasteiger partial charge in [0.15, 0.2) is 0 Å². The van der Waals surface area contributed by atoms with E-state index in [2.05, 4.69) is 20.6 Å². The Morgan fingerprint density at radius 3 is 2.56 bits per heavy atom. The fraction of sp³-hybridized carbons (Fsp3) is 0.312. The number of nitrogens with one attached hydrogen (secondary N) is 2. The molecule has 2 N–H and O–H groups in total. The molecular formula is C16H19N5O3S. The van der Waals surface area contributed by atoms with E-state index in [4.69, 9.17) is 0 Å². The van der Waals surface area contributed by atoms with Crippen LogP contribution < -0.4 is 14.9 Å². The number of anilines is 4. The highest BCUT2D eigenvalue weighted by atomic mass is 32.2. The third kappa shape index (κ3) is 4.24. The van der Waals surface area contributed by atoms with Crippen molar-refractivity contribution >= 4 is 38.9 Å². The molecule has 1 aromatic heterocycles. The van der Waals surface area contributed by atoms with Crippen molar-refractivity contribution in [3.05, 3.63) is 36.7 Å². The Balaban J connectivity index is 1.82. The molecule has 1 fully saturated rings. The third-order valence-corrected chi connectivity index (χ3v) is 5.06. The van der Waals surface area contributed by atoms with Crippen LogP contribution in [0.3, 0.4) is 0 Å². The Morgan fingerprint density at radius 1 is 1.20 bits per heavy atom. The summed E-state index contributed by atoms with van der Waals surface area (Å²) < 4.78 is 24.8. The molecule has 2 aromatic rings. The van der Waals surface area contributed by atoms with Crippen LogP contribution in [-0.2, 0) is 14.8 Å². The molecule has 9 heteroatoms. The number of hydrogen-bond donors (Lipinski definition) is 2. The zero-order valence-corrected chi connectivity index (χ0v) is 14.7. The van der Waals surface area contributed by atoms with Gasteiger partial charge in [0.2, 0.25) is 15.9 Å². The predicted molar refractivity (Wildman–Crippen MR) is 96.4 cm³/mol. The largest absolute Gasteiger partial charge is 0.338 e. The summed E-state index contributed by atoms with van der Waals surface area (Å²) >= 11 is 0. The van der Waals surface area contributed by atoms with Crippen LogP contribution in [0.4, 0.5) is 23.0 Å². The Kier molecular flexibility index (Phi) is 4.58. The minimum absolute atomic E-state index is 0.0399. The molecule has 8 nitrogen and oxygen atoms in total. The van der Waals surface area contributed by atoms with Crippen molar-refractivity contribution in [1.29, 1.82) is 0 Å². The molecule has 1 aromatic carbocycles. The summed E-state index contributed by atoms with van der Waals surface area (Å²) in [4.78, 5) is 20.0. The molecule has 0 unspecified atom stereocenters. The minimum Gasteiger partial charge on any atom is -0.338 e. The van der Waals surface area contributed by atoms with Gasteiger partial charge in [0.05, 0.1) is 17.6 Å². The number of rotatable bonds is 6. The van der Waals surface area contributed by atoms with Gasteiger partial charge in [-0.3, -0.25) is 9.10 Å². The van der Waals surface area contributed by atoms with Gasteiger partial charge in [0.25, 0.3) is 0 Å². The van der Waals surface area contributed by atoms with Crippen molar-refractivity contribution in [3.8, 4) is 0 Å². The van der Waals surface area contributed by atoms with E-state index in [0.29, 0.717) is 23.0 Å². The number of carbonyl (C=O) groups excluding carboxylic acids is 1. The molecule has 0 radical (unpaired) electrons. The van der Waals surface area contributed by atoms with Crippen LogP contribution in [0.15, 0.2) is 36.7 Å². The number of benzene rings is 1. The van der Waals surface area contributed by atoms with E-state index in [0.717, 1.165) is 19.1 Å². The molecule has 3 rings (SSSR count). The van der Waals surface area contributed by atoms with Crippen LogP contribution in [0.5, 0.6) is 0 Å². The first-order chi connectivity index (χ1) is 11.8. The Morgan fingerprint density at radius 2 is 1.88 bits per heavy atom. The molecule has 1 amide bonds. The monoisotopic (exact) mass is 361 g/mol. The lowest BCUT2D eigenvalue weighted by molar-refractivity contribution is -0.117. The number of sulfonamides is 1. The van der Waals surface area contributed by atoms with E-state index >= 15 is 0 Å². The highest BCUT2D eigenvalue weighted by Gasteiger charge is 2.29. The number of carbonyl (C=O) groups is 1. The van der Waals surface area contributed by atoms with Gasteiger partial charge in [-0.1, -0.05) is 12.1 Å². The summed E-state index contributed by atoms with van der Waals surface area (Å²) in [6, 6.07) is 8.60. The maximum Gasteiger partial charge on any atom is 0.232 e. The van der Waals surface area contributed by atoms with Gasteiger partial charge in [-0.25, -0.2) is 18.4 Å². The van der Waals surface area contributed by atoms with Gasteiger partial charge in [-0.15, -0.1) is 0 Å². The molecule has 1 aliphatic rings. The van der Waals surface area contributed by atoms with E-state index in [1.807, 2.05) is 0 Å². The van der Waals surface area contributed by atoms with Gasteiger partial charge in [0, 0.05) is 19.0 Å². The van der Waals surface area contributed by atoms with Crippen LogP contribution in [0.25, 0.3) is 0 Å². The fourth-order valence-electron chi connectivity index (χ4n) is 2.24. The molecule has 0 aliphatic heterocycles. The van der Waals surface area contributed by atoms with Gasteiger partial charge in [0.1, 0.15) is 18.0 Å². The zero-order chi connectivity index (χ0) is 18.0. The summed E-state index contributed by atoms with van der Waals surface area (Å²) in [6.45, 7) is 0. The zero-order valence-electron chi connectivity index (χ0n) is 13.9. The molecule has 25 heavy (non-hydrogen) atoms. The Hall–Kier alpha value is -2.68. The summed E-state index contributed by atoms with van der Waals surface area (Å²) in [6.07, 6.45) is 4.30. The third-order valence-electron chi connectivity index (χ3n) is 3.87. The second-order valence-electron chi connectivity index (χ2n) is 5.92. The summed E-state index contributed by atoms with van der Waals surface area (Å²) in [7, 11) is -1.91. The molecular weight excluding hydrogens is 342 g/mol. The van der Waals surface area contributed by atoms with Crippen LogP contribution in [0.2, 0.25) is 0 Å². The summed E-state index contributed by atoms with van der Waals surface area (Å²) in [5, 5.41) is 5.83. The first kappa shape index (κ1) is 17.2. The van der Waals surface area contributed by atoms with Crippen LogP contribution in [-0.4, -0.2) is 37.6 Å². The molecule has 1 heterocycles. The van der Waals surface area contributed by atoms with Crippen molar-refractivity contribution in [2.45, 2.75) is 12.8 Å². The maximum atomic E-state index is 11.8. The number of nitrogens with zero attached hydrogens (tertiary/aromatic N) is 3. The van der Waals surface area contributed by atoms with Crippen molar-refractivity contribution in [2.24, 2.45) is 5.92 Å². The normalized spacial score (nSPS) is 14.0. The number of amides is 1. The van der Waals surface area contributed by atoms with Crippen LogP contribution in [0, 0.1) is 5.92 Å². The van der Waals surface area contributed by atoms with Gasteiger partial charge in [-0.05, 0) is 25.0 Å². The summed E-state index contributed by atoms with van der Waals surface area (Å²) in [5.41, 5.74) is 1.07. The quantitative estimate of drug-likeness (QED) is 0.815. The Bertz CT molecular complexity index is 896. The smallest absolute Gasteiger partial charge is 0.232 e. The maximum absolute atomic E-state index is 11.8. The molecule has 0 spiro atoms. The predicted octanol–water partition coefficient (Wildman–Crippen LogP) is 1.96.